The van der Waals surface area contributed by atoms with Crippen LogP contribution in [0.4, 0.5) is 0 Å². The molecule has 2 saturated heterocycles. The van der Waals surface area contributed by atoms with Crippen LogP contribution >= 0.6 is 0 Å². The number of carbonyl (C=O) groups is 1. The van der Waals surface area contributed by atoms with E-state index in [1.54, 1.807) is 4.57 Å². The molecule has 2 fully saturated rings. The lowest BCUT2D eigenvalue weighted by atomic mass is 9.83. The van der Waals surface area contributed by atoms with Crippen molar-refractivity contribution in [1.82, 2.24) is 24.3 Å². The third kappa shape index (κ3) is 3.79. The van der Waals surface area contributed by atoms with E-state index in [1.807, 2.05) is 36.4 Å². The van der Waals surface area contributed by atoms with E-state index in [0.717, 1.165) is 29.6 Å². The van der Waals surface area contributed by atoms with Gasteiger partial charge in [-0.3, -0.25) is 14.2 Å². The number of nitrogens with zero attached hydrogens (tertiary/aromatic N) is 4. The molecule has 4 aromatic rings. The maximum absolute atomic E-state index is 13.4. The van der Waals surface area contributed by atoms with Crippen LogP contribution < -0.4 is 10.9 Å². The molecule has 7 nitrogen and oxygen atoms in total. The largest absolute Gasteiger partial charge is 0.354 e. The molecule has 0 radical (unpaired) electrons. The van der Waals surface area contributed by atoms with Gasteiger partial charge in [-0.25, -0.2) is 4.98 Å². The number of aryl methyl sites for hydroxylation is 1. The van der Waals surface area contributed by atoms with E-state index < -0.39 is 0 Å². The fraction of sp³-hybridized carbons (Fsp3) is 0.433. The van der Waals surface area contributed by atoms with E-state index in [9.17, 15) is 9.59 Å². The maximum Gasteiger partial charge on any atom is 0.261 e. The Morgan fingerprint density at radius 1 is 0.946 bits per heavy atom. The van der Waals surface area contributed by atoms with Crippen molar-refractivity contribution in [3.63, 3.8) is 0 Å². The van der Waals surface area contributed by atoms with Crippen molar-refractivity contribution in [2.24, 2.45) is 5.92 Å². The predicted molar refractivity (Wildman–Crippen MR) is 146 cm³/mol. The summed E-state index contributed by atoms with van der Waals surface area (Å²) in [4.78, 5) is 34.3. The van der Waals surface area contributed by atoms with Crippen molar-refractivity contribution in [2.75, 3.05) is 19.6 Å². The number of hydrogen-bond donors (Lipinski definition) is 1. The van der Waals surface area contributed by atoms with Gasteiger partial charge in [0, 0.05) is 30.0 Å². The normalized spacial score (nSPS) is 21.4. The van der Waals surface area contributed by atoms with Gasteiger partial charge < -0.3 is 14.8 Å². The van der Waals surface area contributed by atoms with Crippen LogP contribution in [0, 0.1) is 5.92 Å². The first-order valence-corrected chi connectivity index (χ1v) is 13.8. The molecule has 0 spiro atoms. The molecule has 1 N–H and O–H groups in total. The average molecular weight is 496 g/mol. The van der Waals surface area contributed by atoms with E-state index >= 15 is 0 Å². The molecule has 0 aliphatic carbocycles. The van der Waals surface area contributed by atoms with Gasteiger partial charge in [0.2, 0.25) is 5.91 Å². The van der Waals surface area contributed by atoms with E-state index in [-0.39, 0.29) is 18.0 Å². The van der Waals surface area contributed by atoms with E-state index in [4.69, 9.17) is 4.98 Å². The molecule has 3 aliphatic rings. The quantitative estimate of drug-likeness (QED) is 0.465. The summed E-state index contributed by atoms with van der Waals surface area (Å²) in [6.45, 7) is 3.97. The molecule has 1 amide bonds. The number of aromatic nitrogens is 3. The summed E-state index contributed by atoms with van der Waals surface area (Å²) >= 11 is 0. The molecule has 2 atom stereocenters. The molecule has 0 bridgehead atoms. The van der Waals surface area contributed by atoms with Crippen LogP contribution in [0.2, 0.25) is 0 Å². The smallest absolute Gasteiger partial charge is 0.261 e. The van der Waals surface area contributed by atoms with Gasteiger partial charge in [0.05, 0.1) is 16.6 Å². The van der Waals surface area contributed by atoms with Gasteiger partial charge in [-0.1, -0.05) is 36.8 Å². The van der Waals surface area contributed by atoms with Crippen molar-refractivity contribution < 1.29 is 4.79 Å². The number of amides is 1. The van der Waals surface area contributed by atoms with Crippen LogP contribution in [-0.4, -0.2) is 50.6 Å². The average Bonchev–Trinajstić information content (AvgIpc) is 3.26. The second kappa shape index (κ2) is 9.14. The van der Waals surface area contributed by atoms with Crippen LogP contribution in [0.3, 0.4) is 0 Å². The highest BCUT2D eigenvalue weighted by molar-refractivity contribution is 5.93. The Morgan fingerprint density at radius 3 is 2.68 bits per heavy atom. The lowest BCUT2D eigenvalue weighted by molar-refractivity contribution is -0.122. The highest BCUT2D eigenvalue weighted by Crippen LogP contribution is 2.36. The summed E-state index contributed by atoms with van der Waals surface area (Å²) < 4.78 is 3.87. The Morgan fingerprint density at radius 2 is 1.76 bits per heavy atom. The van der Waals surface area contributed by atoms with Gasteiger partial charge in [0.1, 0.15) is 6.54 Å². The molecule has 0 saturated carbocycles. The van der Waals surface area contributed by atoms with Crippen molar-refractivity contribution in [3.05, 3.63) is 64.4 Å². The minimum absolute atomic E-state index is 0.0122. The number of rotatable bonds is 4. The van der Waals surface area contributed by atoms with Crippen LogP contribution in [0.5, 0.6) is 0 Å². The number of nitrogens with one attached hydrogen (secondary N) is 1. The number of piperidine rings is 2. The number of carbonyl (C=O) groups excluding carboxylic acids is 1. The highest BCUT2D eigenvalue weighted by Gasteiger charge is 2.33. The first kappa shape index (κ1) is 22.7. The Kier molecular flexibility index (Phi) is 5.61. The number of hydrogen-bond acceptors (Lipinski definition) is 4. The summed E-state index contributed by atoms with van der Waals surface area (Å²) in [5.74, 6) is 1.22. The third-order valence-electron chi connectivity index (χ3n) is 8.83. The minimum atomic E-state index is -0.0122. The van der Waals surface area contributed by atoms with E-state index in [1.165, 1.54) is 50.8 Å². The summed E-state index contributed by atoms with van der Waals surface area (Å²) in [6.07, 6.45) is 7.01. The third-order valence-corrected chi connectivity index (χ3v) is 8.83. The molecular formula is C30H33N5O2. The number of fused-ring (bicyclic) bond motifs is 7. The Labute approximate surface area is 216 Å². The molecular weight excluding hydrogens is 462 g/mol. The Balaban J connectivity index is 1.23. The lowest BCUT2D eigenvalue weighted by Gasteiger charge is -2.44. The number of para-hydroxylation sites is 2. The van der Waals surface area contributed by atoms with E-state index in [2.05, 4.69) is 26.9 Å². The summed E-state index contributed by atoms with van der Waals surface area (Å²) in [5.41, 5.74) is 3.79. The molecule has 2 aromatic heterocycles. The highest BCUT2D eigenvalue weighted by atomic mass is 16.2. The Hall–Kier alpha value is -3.45. The van der Waals surface area contributed by atoms with Crippen molar-refractivity contribution in [3.8, 4) is 11.5 Å². The van der Waals surface area contributed by atoms with Gasteiger partial charge >= 0.3 is 0 Å². The fourth-order valence-electron chi connectivity index (χ4n) is 7.09. The molecule has 7 rings (SSSR count). The van der Waals surface area contributed by atoms with Crippen molar-refractivity contribution in [2.45, 2.75) is 57.7 Å². The second-order valence-electron chi connectivity index (χ2n) is 10.9. The van der Waals surface area contributed by atoms with Crippen molar-refractivity contribution in [1.29, 1.82) is 0 Å². The van der Waals surface area contributed by atoms with E-state index in [0.29, 0.717) is 35.2 Å². The standard InChI is InChI=1S/C30H33N5O2/c36-27(31-18-20-8-7-16-33-15-6-5-12-25(20)33)19-35-26-13-4-2-9-21(26)22-14-17-34-29(28(22)35)32-24-11-3-1-10-23(24)30(34)37/h1-4,9-11,13,20,25H,5-8,12,14-19H2,(H,31,36)/t20-,25+/m1/s1. The fourth-order valence-corrected chi connectivity index (χ4v) is 7.09. The molecule has 190 valence electrons. The van der Waals surface area contributed by atoms with Gasteiger partial charge in [-0.2, -0.15) is 0 Å². The monoisotopic (exact) mass is 495 g/mol. The molecule has 37 heavy (non-hydrogen) atoms. The van der Waals surface area contributed by atoms with Crippen LogP contribution in [0.25, 0.3) is 33.3 Å². The van der Waals surface area contributed by atoms with Crippen molar-refractivity contribution >= 4 is 27.7 Å². The predicted octanol–water partition coefficient (Wildman–Crippen LogP) is 3.96. The van der Waals surface area contributed by atoms with Gasteiger partial charge in [0.25, 0.3) is 5.56 Å². The summed E-state index contributed by atoms with van der Waals surface area (Å²) in [6, 6.07) is 16.4. The number of benzene rings is 2. The zero-order valence-electron chi connectivity index (χ0n) is 21.2. The minimum Gasteiger partial charge on any atom is -0.354 e. The zero-order chi connectivity index (χ0) is 24.9. The maximum atomic E-state index is 13.4. The van der Waals surface area contributed by atoms with Crippen LogP contribution in [0.1, 0.15) is 37.7 Å². The lowest BCUT2D eigenvalue weighted by Crippen LogP contribution is -2.51. The molecule has 5 heterocycles. The molecule has 3 aliphatic heterocycles. The van der Waals surface area contributed by atoms with Gasteiger partial charge in [-0.15, -0.1) is 0 Å². The topological polar surface area (TPSA) is 72.2 Å². The van der Waals surface area contributed by atoms with Gasteiger partial charge in [-0.05, 0) is 74.9 Å². The first-order valence-electron chi connectivity index (χ1n) is 13.8. The zero-order valence-corrected chi connectivity index (χ0v) is 21.2. The van der Waals surface area contributed by atoms with Gasteiger partial charge in [0.15, 0.2) is 5.82 Å². The molecule has 7 heteroatoms. The van der Waals surface area contributed by atoms with Crippen LogP contribution in [0.15, 0.2) is 53.3 Å². The second-order valence-corrected chi connectivity index (χ2v) is 10.9. The molecule has 2 aromatic carbocycles. The van der Waals surface area contributed by atoms with Crippen LogP contribution in [-0.2, 0) is 24.3 Å². The molecule has 0 unspecified atom stereocenters. The first-order chi connectivity index (χ1) is 18.2. The SMILES string of the molecule is O=C(Cn1c2c(c3ccccc31)CCn1c-2nc2ccccc2c1=O)NC[C@H]1CCCN2CCCC[C@@H]12. The summed E-state index contributed by atoms with van der Waals surface area (Å²) in [7, 11) is 0. The Bertz CT molecular complexity index is 1570. The summed E-state index contributed by atoms with van der Waals surface area (Å²) in [5, 5.41) is 5.07.